The standard InChI is InChI=1S/C25H27F3N2O6/c1-30(24(33)34)21-12-16(36-29-21)11-18-20(31)13-25(35-23(18)32,15-4-2-3-5-15)9-8-14-6-7-17(22(27)28)19(26)10-14/h6-7,10,12,15,18,22H,2-5,8-9,11,13H2,1H3,(H,33,34). The van der Waals surface area contributed by atoms with Crippen LogP contribution in [0.25, 0.3) is 0 Å². The van der Waals surface area contributed by atoms with Crippen LogP contribution in [0.3, 0.4) is 0 Å². The highest BCUT2D eigenvalue weighted by atomic mass is 19.3. The number of rotatable bonds is 8. The van der Waals surface area contributed by atoms with Crippen LogP contribution in [0.1, 0.15) is 61.8 Å². The van der Waals surface area contributed by atoms with Crippen molar-refractivity contribution in [3.63, 3.8) is 0 Å². The number of hydrogen-bond acceptors (Lipinski definition) is 6. The normalized spacial score (nSPS) is 22.8. The number of halogens is 3. The molecule has 0 radical (unpaired) electrons. The van der Waals surface area contributed by atoms with E-state index in [4.69, 9.17) is 14.4 Å². The molecule has 1 aliphatic carbocycles. The van der Waals surface area contributed by atoms with Crippen LogP contribution in [0.2, 0.25) is 0 Å². The maximum atomic E-state index is 14.1. The molecule has 1 aromatic heterocycles. The Balaban J connectivity index is 1.49. The first-order valence-corrected chi connectivity index (χ1v) is 11.8. The van der Waals surface area contributed by atoms with Gasteiger partial charge in [-0.25, -0.2) is 18.0 Å². The van der Waals surface area contributed by atoms with Crippen LogP contribution >= 0.6 is 0 Å². The number of Topliss-reactive ketones (excluding diaryl/α,β-unsaturated/α-hetero) is 1. The van der Waals surface area contributed by atoms with E-state index in [-0.39, 0.29) is 49.0 Å². The number of cyclic esters (lactones) is 1. The largest absolute Gasteiger partial charge is 0.465 e. The SMILES string of the molecule is CN(C(=O)O)c1cc(CC2C(=O)CC(CCc3ccc(C(F)F)c(F)c3)(C3CCCC3)OC2=O)on1. The summed E-state index contributed by atoms with van der Waals surface area (Å²) in [5, 5.41) is 12.7. The number of ketones is 1. The van der Waals surface area contributed by atoms with Gasteiger partial charge < -0.3 is 14.4 Å². The molecule has 8 nitrogen and oxygen atoms in total. The third-order valence-corrected chi connectivity index (χ3v) is 7.27. The maximum Gasteiger partial charge on any atom is 0.412 e. The van der Waals surface area contributed by atoms with Crippen molar-refractivity contribution in [3.05, 3.63) is 47.0 Å². The van der Waals surface area contributed by atoms with Gasteiger partial charge >= 0.3 is 12.1 Å². The van der Waals surface area contributed by atoms with Gasteiger partial charge in [-0.3, -0.25) is 14.5 Å². The summed E-state index contributed by atoms with van der Waals surface area (Å²) in [4.78, 5) is 38.2. The minimum absolute atomic E-state index is 0.0122. The molecule has 2 aliphatic rings. The molecular formula is C25H27F3N2O6. The summed E-state index contributed by atoms with van der Waals surface area (Å²) < 4.78 is 50.9. The second-order valence-corrected chi connectivity index (χ2v) is 9.52. The number of carboxylic acid groups (broad SMARTS) is 1. The van der Waals surface area contributed by atoms with Crippen molar-refractivity contribution in [1.29, 1.82) is 0 Å². The van der Waals surface area contributed by atoms with Crippen LogP contribution in [-0.2, 0) is 27.2 Å². The third-order valence-electron chi connectivity index (χ3n) is 7.27. The molecule has 2 fully saturated rings. The summed E-state index contributed by atoms with van der Waals surface area (Å²) in [7, 11) is 1.28. The predicted molar refractivity (Wildman–Crippen MR) is 120 cm³/mol. The molecule has 1 aliphatic heterocycles. The lowest BCUT2D eigenvalue weighted by Gasteiger charge is -2.43. The van der Waals surface area contributed by atoms with E-state index in [0.29, 0.717) is 5.56 Å². The minimum Gasteiger partial charge on any atom is -0.465 e. The Hall–Kier alpha value is -3.37. The van der Waals surface area contributed by atoms with E-state index < -0.39 is 41.4 Å². The number of benzene rings is 1. The van der Waals surface area contributed by atoms with Crippen molar-refractivity contribution in [2.75, 3.05) is 11.9 Å². The van der Waals surface area contributed by atoms with E-state index in [1.807, 2.05) is 0 Å². The Morgan fingerprint density at radius 2 is 1.97 bits per heavy atom. The van der Waals surface area contributed by atoms with Crippen molar-refractivity contribution in [2.24, 2.45) is 11.8 Å². The lowest BCUT2D eigenvalue weighted by molar-refractivity contribution is -0.185. The highest BCUT2D eigenvalue weighted by Gasteiger charge is 2.51. The van der Waals surface area contributed by atoms with Crippen molar-refractivity contribution in [3.8, 4) is 0 Å². The van der Waals surface area contributed by atoms with E-state index in [0.717, 1.165) is 42.7 Å². The Morgan fingerprint density at radius 3 is 2.58 bits per heavy atom. The van der Waals surface area contributed by atoms with Gasteiger partial charge in [-0.15, -0.1) is 0 Å². The van der Waals surface area contributed by atoms with E-state index in [2.05, 4.69) is 5.16 Å². The van der Waals surface area contributed by atoms with Crippen LogP contribution in [0.15, 0.2) is 28.8 Å². The quantitative estimate of drug-likeness (QED) is 0.390. The van der Waals surface area contributed by atoms with E-state index in [1.165, 1.54) is 19.2 Å². The number of alkyl halides is 2. The Labute approximate surface area is 205 Å². The molecule has 1 amide bonds. The highest BCUT2D eigenvalue weighted by molar-refractivity contribution is 6.01. The highest BCUT2D eigenvalue weighted by Crippen LogP contribution is 2.45. The molecule has 36 heavy (non-hydrogen) atoms. The molecule has 0 spiro atoms. The predicted octanol–water partition coefficient (Wildman–Crippen LogP) is 5.10. The van der Waals surface area contributed by atoms with Crippen LogP contribution in [0, 0.1) is 17.7 Å². The van der Waals surface area contributed by atoms with E-state index in [9.17, 15) is 27.6 Å². The average Bonchev–Trinajstić information content (AvgIpc) is 3.52. The summed E-state index contributed by atoms with van der Waals surface area (Å²) in [5.41, 5.74) is -1.23. The first kappa shape index (κ1) is 25.7. The summed E-state index contributed by atoms with van der Waals surface area (Å²) in [5.74, 6) is -2.94. The first-order chi connectivity index (χ1) is 17.1. The Morgan fingerprint density at radius 1 is 1.25 bits per heavy atom. The van der Waals surface area contributed by atoms with Crippen molar-refractivity contribution in [2.45, 2.75) is 63.4 Å². The summed E-state index contributed by atoms with van der Waals surface area (Å²) in [6.07, 6.45) is -0.292. The Bertz CT molecular complexity index is 1130. The number of aryl methyl sites for hydroxylation is 1. The van der Waals surface area contributed by atoms with Crippen LogP contribution in [-0.4, -0.2) is 40.8 Å². The van der Waals surface area contributed by atoms with Gasteiger partial charge in [-0.05, 0) is 43.2 Å². The number of nitrogens with zero attached hydrogens (tertiary/aromatic N) is 2. The fourth-order valence-electron chi connectivity index (χ4n) is 5.19. The zero-order valence-corrected chi connectivity index (χ0v) is 19.7. The van der Waals surface area contributed by atoms with Crippen LogP contribution in [0.4, 0.5) is 23.8 Å². The van der Waals surface area contributed by atoms with Gasteiger partial charge in [0.25, 0.3) is 6.43 Å². The van der Waals surface area contributed by atoms with E-state index in [1.54, 1.807) is 0 Å². The van der Waals surface area contributed by atoms with Gasteiger partial charge in [-0.1, -0.05) is 30.1 Å². The smallest absolute Gasteiger partial charge is 0.412 e. The molecular weight excluding hydrogens is 481 g/mol. The lowest BCUT2D eigenvalue weighted by Crippen LogP contribution is -2.52. The summed E-state index contributed by atoms with van der Waals surface area (Å²) >= 11 is 0. The van der Waals surface area contributed by atoms with Crippen molar-refractivity contribution < 1.29 is 41.9 Å². The van der Waals surface area contributed by atoms with Gasteiger partial charge in [0.15, 0.2) is 11.6 Å². The first-order valence-electron chi connectivity index (χ1n) is 11.8. The third kappa shape index (κ3) is 5.24. The number of hydrogen-bond donors (Lipinski definition) is 1. The topological polar surface area (TPSA) is 110 Å². The zero-order valence-electron chi connectivity index (χ0n) is 19.7. The summed E-state index contributed by atoms with van der Waals surface area (Å²) in [6, 6.07) is 4.90. The van der Waals surface area contributed by atoms with Crippen LogP contribution in [0.5, 0.6) is 0 Å². The van der Waals surface area contributed by atoms with Gasteiger partial charge in [0.1, 0.15) is 23.1 Å². The maximum absolute atomic E-state index is 14.1. The number of anilines is 1. The monoisotopic (exact) mass is 508 g/mol. The second-order valence-electron chi connectivity index (χ2n) is 9.52. The average molecular weight is 508 g/mol. The molecule has 1 N–H and O–H groups in total. The molecule has 2 aromatic rings. The molecule has 2 atom stereocenters. The van der Waals surface area contributed by atoms with Gasteiger partial charge in [0.2, 0.25) is 0 Å². The number of aromatic nitrogens is 1. The second kappa shape index (κ2) is 10.3. The summed E-state index contributed by atoms with van der Waals surface area (Å²) in [6.45, 7) is 0. The molecule has 1 aromatic carbocycles. The molecule has 2 unspecified atom stereocenters. The van der Waals surface area contributed by atoms with Crippen LogP contribution < -0.4 is 4.90 Å². The molecule has 4 rings (SSSR count). The van der Waals surface area contributed by atoms with Crippen molar-refractivity contribution >= 4 is 23.7 Å². The molecule has 0 bridgehead atoms. The molecule has 2 heterocycles. The molecule has 194 valence electrons. The molecule has 1 saturated heterocycles. The van der Waals surface area contributed by atoms with E-state index >= 15 is 0 Å². The molecule has 1 saturated carbocycles. The van der Waals surface area contributed by atoms with Gasteiger partial charge in [-0.2, -0.15) is 0 Å². The number of carbonyl (C=O) groups excluding carboxylic acids is 2. The zero-order chi connectivity index (χ0) is 26.0. The number of carbonyl (C=O) groups is 3. The molecule has 11 heteroatoms. The number of esters is 1. The lowest BCUT2D eigenvalue weighted by atomic mass is 9.73. The fraction of sp³-hybridized carbons (Fsp3) is 0.520. The van der Waals surface area contributed by atoms with Gasteiger partial charge in [0.05, 0.1) is 5.56 Å². The fourth-order valence-corrected chi connectivity index (χ4v) is 5.19. The minimum atomic E-state index is -2.91. The number of ether oxygens (including phenoxy) is 1. The number of amides is 1. The van der Waals surface area contributed by atoms with Gasteiger partial charge in [0, 0.05) is 26.0 Å². The Kier molecular flexibility index (Phi) is 7.37. The van der Waals surface area contributed by atoms with Crippen molar-refractivity contribution in [1.82, 2.24) is 5.16 Å².